The summed E-state index contributed by atoms with van der Waals surface area (Å²) in [5.74, 6) is -0.938. The Bertz CT molecular complexity index is 630. The van der Waals surface area contributed by atoms with Gasteiger partial charge < -0.3 is 34.3 Å². The lowest BCUT2D eigenvalue weighted by Gasteiger charge is -2.41. The molecule has 9 nitrogen and oxygen atoms in total. The highest BCUT2D eigenvalue weighted by Crippen LogP contribution is 2.25. The first-order valence-corrected chi connectivity index (χ1v) is 16.0. The van der Waals surface area contributed by atoms with Crippen molar-refractivity contribution in [3.63, 3.8) is 0 Å². The molecule has 3 N–H and O–H groups in total. The van der Waals surface area contributed by atoms with Crippen molar-refractivity contribution < 1.29 is 43.9 Å². The third-order valence-electron chi connectivity index (χ3n) is 7.51. The Morgan fingerprint density at radius 1 is 0.650 bits per heavy atom. The molecule has 0 bridgehead atoms. The van der Waals surface area contributed by atoms with Gasteiger partial charge in [-0.25, -0.2) is 0 Å². The monoisotopic (exact) mass is 574 g/mol. The second-order valence-electron chi connectivity index (χ2n) is 11.1. The van der Waals surface area contributed by atoms with Crippen LogP contribution in [-0.2, 0) is 28.5 Å². The van der Waals surface area contributed by atoms with Crippen molar-refractivity contribution in [2.75, 3.05) is 13.4 Å². The van der Waals surface area contributed by atoms with Crippen molar-refractivity contribution in [2.24, 2.45) is 0 Å². The molecule has 1 heterocycles. The van der Waals surface area contributed by atoms with Crippen molar-refractivity contribution >= 4 is 11.9 Å². The van der Waals surface area contributed by atoms with Gasteiger partial charge >= 0.3 is 11.9 Å². The van der Waals surface area contributed by atoms with E-state index in [0.717, 1.165) is 38.5 Å². The first-order chi connectivity index (χ1) is 19.4. The van der Waals surface area contributed by atoms with E-state index < -0.39 is 56.0 Å². The van der Waals surface area contributed by atoms with E-state index in [1.807, 2.05) is 0 Å². The molecule has 5 atom stereocenters. The summed E-state index contributed by atoms with van der Waals surface area (Å²) in [5, 5.41) is 30.7. The minimum absolute atomic E-state index is 0.179. The minimum atomic E-state index is -1.50. The number of ether oxygens (including phenoxy) is 4. The van der Waals surface area contributed by atoms with Crippen LogP contribution in [0.5, 0.6) is 0 Å². The fraction of sp³-hybridized carbons (Fsp3) is 0.935. The summed E-state index contributed by atoms with van der Waals surface area (Å²) < 4.78 is 21.3. The summed E-state index contributed by atoms with van der Waals surface area (Å²) in [5.41, 5.74) is 0. The Hall–Kier alpha value is -1.26. The number of hydrogen-bond acceptors (Lipinski definition) is 9. The molecule has 0 radical (unpaired) electrons. The standard InChI is InChI=1S/C31H58O9/c1-3-5-7-9-11-13-15-17-19-21-26(33)37-24-38-31-29(36)30(28(35)25(23-32)39-31)40-27(34)22-20-18-16-14-12-10-8-6-4-2/h25,28-32,35-36H,3-24H2,1-2H3/t25-,28-,29-,30+,31+/m1/s1. The molecule has 1 aliphatic rings. The van der Waals surface area contributed by atoms with Crippen molar-refractivity contribution in [3.05, 3.63) is 0 Å². The lowest BCUT2D eigenvalue weighted by molar-refractivity contribution is -0.315. The Morgan fingerprint density at radius 3 is 1.57 bits per heavy atom. The number of hydrogen-bond donors (Lipinski definition) is 3. The van der Waals surface area contributed by atoms with Crippen LogP contribution in [0.4, 0.5) is 0 Å². The van der Waals surface area contributed by atoms with E-state index in [2.05, 4.69) is 13.8 Å². The van der Waals surface area contributed by atoms with E-state index in [4.69, 9.17) is 18.9 Å². The molecule has 40 heavy (non-hydrogen) atoms. The summed E-state index contributed by atoms with van der Waals surface area (Å²) >= 11 is 0. The average molecular weight is 575 g/mol. The fourth-order valence-corrected chi connectivity index (χ4v) is 4.94. The molecule has 0 spiro atoms. The van der Waals surface area contributed by atoms with Gasteiger partial charge in [-0.2, -0.15) is 0 Å². The van der Waals surface area contributed by atoms with Crippen LogP contribution in [-0.4, -0.2) is 71.4 Å². The maximum atomic E-state index is 12.4. The number of aliphatic hydroxyl groups excluding tert-OH is 3. The Labute approximate surface area is 242 Å². The number of aliphatic hydroxyl groups is 3. The molecule has 0 aromatic heterocycles. The third kappa shape index (κ3) is 16.9. The molecule has 1 rings (SSSR count). The van der Waals surface area contributed by atoms with Crippen LogP contribution in [0.1, 0.15) is 142 Å². The molecule has 0 aromatic carbocycles. The largest absolute Gasteiger partial charge is 0.456 e. The summed E-state index contributed by atoms with van der Waals surface area (Å²) in [6.45, 7) is 3.40. The highest BCUT2D eigenvalue weighted by Gasteiger charge is 2.47. The summed E-state index contributed by atoms with van der Waals surface area (Å²) in [4.78, 5) is 24.4. The van der Waals surface area contributed by atoms with Crippen LogP contribution in [0.2, 0.25) is 0 Å². The van der Waals surface area contributed by atoms with Gasteiger partial charge in [0, 0.05) is 12.8 Å². The predicted octanol–water partition coefficient (Wildman–Crippen LogP) is 5.70. The normalized spacial score (nSPS) is 22.8. The van der Waals surface area contributed by atoms with E-state index in [1.54, 1.807) is 0 Å². The molecule has 1 saturated heterocycles. The van der Waals surface area contributed by atoms with E-state index in [-0.39, 0.29) is 12.8 Å². The Morgan fingerprint density at radius 2 is 1.10 bits per heavy atom. The molecule has 0 aliphatic carbocycles. The van der Waals surface area contributed by atoms with E-state index in [9.17, 15) is 24.9 Å². The van der Waals surface area contributed by atoms with Crippen molar-refractivity contribution in [2.45, 2.75) is 173 Å². The van der Waals surface area contributed by atoms with E-state index >= 15 is 0 Å². The highest BCUT2D eigenvalue weighted by atomic mass is 16.8. The number of unbranched alkanes of at least 4 members (excludes halogenated alkanes) is 16. The van der Waals surface area contributed by atoms with Crippen LogP contribution in [0, 0.1) is 0 Å². The molecule has 0 unspecified atom stereocenters. The second kappa shape index (κ2) is 24.3. The Kier molecular flexibility index (Phi) is 22.4. The van der Waals surface area contributed by atoms with Crippen LogP contribution < -0.4 is 0 Å². The molecular formula is C31H58O9. The molecule has 1 aliphatic heterocycles. The molecule has 236 valence electrons. The second-order valence-corrected chi connectivity index (χ2v) is 11.1. The zero-order valence-corrected chi connectivity index (χ0v) is 25.2. The van der Waals surface area contributed by atoms with E-state index in [1.165, 1.54) is 70.6 Å². The van der Waals surface area contributed by atoms with Gasteiger partial charge in [-0.15, -0.1) is 0 Å². The highest BCUT2D eigenvalue weighted by molar-refractivity contribution is 5.69. The molecular weight excluding hydrogens is 516 g/mol. The van der Waals surface area contributed by atoms with Gasteiger partial charge in [0.2, 0.25) is 0 Å². The third-order valence-corrected chi connectivity index (χ3v) is 7.51. The number of carbonyl (C=O) groups excluding carboxylic acids is 2. The first kappa shape index (κ1) is 36.8. The van der Waals surface area contributed by atoms with Crippen molar-refractivity contribution in [1.29, 1.82) is 0 Å². The molecule has 9 heteroatoms. The molecule has 0 saturated carbocycles. The van der Waals surface area contributed by atoms with Crippen molar-refractivity contribution in [3.8, 4) is 0 Å². The van der Waals surface area contributed by atoms with E-state index in [0.29, 0.717) is 6.42 Å². The maximum absolute atomic E-state index is 12.4. The quantitative estimate of drug-likeness (QED) is 0.0714. The number of esters is 2. The lowest BCUT2D eigenvalue weighted by atomic mass is 9.99. The number of carbonyl (C=O) groups is 2. The smallest absolute Gasteiger partial charge is 0.307 e. The first-order valence-electron chi connectivity index (χ1n) is 16.0. The van der Waals surface area contributed by atoms with Gasteiger partial charge in [0.05, 0.1) is 6.61 Å². The lowest BCUT2D eigenvalue weighted by Crippen LogP contribution is -2.60. The van der Waals surface area contributed by atoms with Crippen LogP contribution >= 0.6 is 0 Å². The predicted molar refractivity (Wildman–Crippen MR) is 153 cm³/mol. The summed E-state index contributed by atoms with van der Waals surface area (Å²) in [6, 6.07) is 0. The topological polar surface area (TPSA) is 132 Å². The minimum Gasteiger partial charge on any atom is -0.456 e. The summed E-state index contributed by atoms with van der Waals surface area (Å²) in [7, 11) is 0. The van der Waals surface area contributed by atoms with Crippen LogP contribution in [0.25, 0.3) is 0 Å². The molecule has 1 fully saturated rings. The maximum Gasteiger partial charge on any atom is 0.307 e. The van der Waals surface area contributed by atoms with Gasteiger partial charge in [-0.1, -0.05) is 117 Å². The van der Waals surface area contributed by atoms with Gasteiger partial charge in [0.25, 0.3) is 0 Å². The summed E-state index contributed by atoms with van der Waals surface area (Å²) in [6.07, 6.45) is 14.2. The Balaban J connectivity index is 2.27. The van der Waals surface area contributed by atoms with Gasteiger partial charge in [0.1, 0.15) is 18.3 Å². The average Bonchev–Trinajstić information content (AvgIpc) is 2.94. The number of rotatable bonds is 25. The van der Waals surface area contributed by atoms with Crippen LogP contribution in [0.15, 0.2) is 0 Å². The zero-order chi connectivity index (χ0) is 29.4. The zero-order valence-electron chi connectivity index (χ0n) is 25.2. The van der Waals surface area contributed by atoms with Gasteiger partial charge in [-0.05, 0) is 12.8 Å². The SMILES string of the molecule is CCCCCCCCCCCC(=O)OCO[C@H]1O[C@H](CO)[C@@H](O)[C@H](OC(=O)CCCCCCCCCCC)[C@H]1O. The van der Waals surface area contributed by atoms with Crippen molar-refractivity contribution in [1.82, 2.24) is 0 Å². The van der Waals surface area contributed by atoms with Gasteiger partial charge in [0.15, 0.2) is 19.2 Å². The molecule has 0 aromatic rings. The fourth-order valence-electron chi connectivity index (χ4n) is 4.94. The molecule has 0 amide bonds. The van der Waals surface area contributed by atoms with Gasteiger partial charge in [-0.3, -0.25) is 9.59 Å². The van der Waals surface area contributed by atoms with Crippen LogP contribution in [0.3, 0.4) is 0 Å².